The number of hydrogen-bond donors (Lipinski definition) is 1. The summed E-state index contributed by atoms with van der Waals surface area (Å²) in [5.74, 6) is -1.04. The minimum absolute atomic E-state index is 0.0339. The van der Waals surface area contributed by atoms with Crippen molar-refractivity contribution < 1.29 is 18.3 Å². The lowest BCUT2D eigenvalue weighted by Crippen LogP contribution is -2.44. The zero-order valence-corrected chi connectivity index (χ0v) is 12.5. The lowest BCUT2D eigenvalue weighted by Gasteiger charge is -2.35. The van der Waals surface area contributed by atoms with Crippen molar-refractivity contribution in [3.63, 3.8) is 0 Å². The standard InChI is InChI=1S/C15H22F2N2O2/c1-11-10-21-6-4-19(11)15-13(16)7-12(8-14(15)17)9-18-3-5-20-2/h7-8,11,18H,3-6,9-10H2,1-2H3. The van der Waals surface area contributed by atoms with E-state index in [-0.39, 0.29) is 11.7 Å². The predicted molar refractivity (Wildman–Crippen MR) is 77.6 cm³/mol. The summed E-state index contributed by atoms with van der Waals surface area (Å²) in [5, 5.41) is 3.07. The molecule has 1 aliphatic rings. The van der Waals surface area contributed by atoms with Crippen molar-refractivity contribution >= 4 is 5.69 Å². The molecule has 0 saturated carbocycles. The average molecular weight is 300 g/mol. The van der Waals surface area contributed by atoms with E-state index >= 15 is 0 Å². The van der Waals surface area contributed by atoms with Gasteiger partial charge in [-0.25, -0.2) is 8.78 Å². The first-order valence-corrected chi connectivity index (χ1v) is 7.15. The Morgan fingerprint density at radius 1 is 1.38 bits per heavy atom. The first kappa shape index (κ1) is 16.1. The van der Waals surface area contributed by atoms with E-state index in [2.05, 4.69) is 5.32 Å². The van der Waals surface area contributed by atoms with Gasteiger partial charge in [-0.1, -0.05) is 0 Å². The number of hydrogen-bond acceptors (Lipinski definition) is 4. The van der Waals surface area contributed by atoms with E-state index in [0.29, 0.717) is 45.0 Å². The largest absolute Gasteiger partial charge is 0.383 e. The number of rotatable bonds is 6. The first-order valence-electron chi connectivity index (χ1n) is 7.15. The smallest absolute Gasteiger partial charge is 0.149 e. The number of nitrogens with one attached hydrogen (secondary N) is 1. The third-order valence-corrected chi connectivity index (χ3v) is 3.54. The molecule has 0 aromatic heterocycles. The van der Waals surface area contributed by atoms with Crippen LogP contribution in [0.2, 0.25) is 0 Å². The molecular formula is C15H22F2N2O2. The zero-order chi connectivity index (χ0) is 15.2. The number of halogens is 2. The molecule has 1 aromatic carbocycles. The van der Waals surface area contributed by atoms with Gasteiger partial charge < -0.3 is 19.7 Å². The number of morpholine rings is 1. The molecular weight excluding hydrogens is 278 g/mol. The molecule has 6 heteroatoms. The van der Waals surface area contributed by atoms with Gasteiger partial charge >= 0.3 is 0 Å². The Balaban J connectivity index is 2.09. The fourth-order valence-electron chi connectivity index (χ4n) is 2.46. The minimum Gasteiger partial charge on any atom is -0.383 e. The zero-order valence-electron chi connectivity index (χ0n) is 12.5. The summed E-state index contributed by atoms with van der Waals surface area (Å²) in [6.45, 7) is 4.99. The van der Waals surface area contributed by atoms with E-state index in [1.807, 2.05) is 6.92 Å². The van der Waals surface area contributed by atoms with Gasteiger partial charge in [0.2, 0.25) is 0 Å². The SMILES string of the molecule is COCCNCc1cc(F)c(N2CCOCC2C)c(F)c1. The monoisotopic (exact) mass is 300 g/mol. The highest BCUT2D eigenvalue weighted by Crippen LogP contribution is 2.28. The maximum atomic E-state index is 14.3. The van der Waals surface area contributed by atoms with Crippen LogP contribution in [0, 0.1) is 11.6 Å². The number of anilines is 1. The molecule has 0 amide bonds. The van der Waals surface area contributed by atoms with Crippen LogP contribution in [0.3, 0.4) is 0 Å². The molecule has 0 radical (unpaired) electrons. The fraction of sp³-hybridized carbons (Fsp3) is 0.600. The van der Waals surface area contributed by atoms with Crippen LogP contribution in [0.1, 0.15) is 12.5 Å². The van der Waals surface area contributed by atoms with Crippen LogP contribution < -0.4 is 10.2 Å². The van der Waals surface area contributed by atoms with Crippen molar-refractivity contribution in [3.8, 4) is 0 Å². The fourth-order valence-corrected chi connectivity index (χ4v) is 2.46. The third-order valence-electron chi connectivity index (χ3n) is 3.54. The Hall–Kier alpha value is -1.24. The van der Waals surface area contributed by atoms with Gasteiger partial charge in [0.05, 0.1) is 19.8 Å². The van der Waals surface area contributed by atoms with Gasteiger partial charge in [-0.15, -0.1) is 0 Å². The quantitative estimate of drug-likeness (QED) is 0.814. The number of methoxy groups -OCH3 is 1. The van der Waals surface area contributed by atoms with Crippen molar-refractivity contribution in [2.45, 2.75) is 19.5 Å². The summed E-state index contributed by atoms with van der Waals surface area (Å²) in [5.41, 5.74) is 0.636. The van der Waals surface area contributed by atoms with Gasteiger partial charge in [0.25, 0.3) is 0 Å². The van der Waals surface area contributed by atoms with Gasteiger partial charge in [-0.3, -0.25) is 0 Å². The highest BCUT2D eigenvalue weighted by Gasteiger charge is 2.25. The Morgan fingerprint density at radius 3 is 2.71 bits per heavy atom. The Kier molecular flexibility index (Phi) is 5.90. The van der Waals surface area contributed by atoms with Gasteiger partial charge in [0, 0.05) is 32.8 Å². The molecule has 0 bridgehead atoms. The summed E-state index contributed by atoms with van der Waals surface area (Å²) < 4.78 is 38.8. The van der Waals surface area contributed by atoms with Crippen LogP contribution in [-0.2, 0) is 16.0 Å². The Labute approximate surface area is 124 Å². The first-order chi connectivity index (χ1) is 10.1. The van der Waals surface area contributed by atoms with Crippen LogP contribution in [0.4, 0.5) is 14.5 Å². The molecule has 118 valence electrons. The molecule has 21 heavy (non-hydrogen) atoms. The second kappa shape index (κ2) is 7.68. The van der Waals surface area contributed by atoms with Gasteiger partial charge in [0.15, 0.2) is 0 Å². The average Bonchev–Trinajstić information content (AvgIpc) is 2.45. The van der Waals surface area contributed by atoms with Crippen LogP contribution in [0.15, 0.2) is 12.1 Å². The van der Waals surface area contributed by atoms with Crippen molar-refractivity contribution in [2.75, 3.05) is 44.9 Å². The number of benzene rings is 1. The molecule has 1 fully saturated rings. The van der Waals surface area contributed by atoms with Gasteiger partial charge in [-0.2, -0.15) is 0 Å². The molecule has 1 N–H and O–H groups in total. The van der Waals surface area contributed by atoms with Gasteiger partial charge in [0.1, 0.15) is 17.3 Å². The van der Waals surface area contributed by atoms with Crippen LogP contribution in [-0.4, -0.2) is 46.1 Å². The topological polar surface area (TPSA) is 33.7 Å². The second-order valence-corrected chi connectivity index (χ2v) is 5.19. The van der Waals surface area contributed by atoms with E-state index in [1.54, 1.807) is 12.0 Å². The molecule has 1 heterocycles. The summed E-state index contributed by atoms with van der Waals surface area (Å²) >= 11 is 0. The van der Waals surface area contributed by atoms with E-state index < -0.39 is 11.6 Å². The summed E-state index contributed by atoms with van der Waals surface area (Å²) in [6.07, 6.45) is 0. The van der Waals surface area contributed by atoms with Crippen LogP contribution in [0.25, 0.3) is 0 Å². The van der Waals surface area contributed by atoms with E-state index in [1.165, 1.54) is 12.1 Å². The highest BCUT2D eigenvalue weighted by molar-refractivity contribution is 5.52. The highest BCUT2D eigenvalue weighted by atomic mass is 19.1. The van der Waals surface area contributed by atoms with Crippen molar-refractivity contribution in [2.24, 2.45) is 0 Å². The van der Waals surface area contributed by atoms with Crippen LogP contribution >= 0.6 is 0 Å². The summed E-state index contributed by atoms with van der Waals surface area (Å²) in [6, 6.07) is 2.74. The van der Waals surface area contributed by atoms with Crippen LogP contribution in [0.5, 0.6) is 0 Å². The molecule has 1 aliphatic heterocycles. The predicted octanol–water partition coefficient (Wildman–Crippen LogP) is 1.93. The van der Waals surface area contributed by atoms with Crippen molar-refractivity contribution in [1.29, 1.82) is 0 Å². The molecule has 1 saturated heterocycles. The molecule has 1 unspecified atom stereocenters. The molecule has 0 spiro atoms. The van der Waals surface area contributed by atoms with E-state index in [4.69, 9.17) is 9.47 Å². The van der Waals surface area contributed by atoms with E-state index in [0.717, 1.165) is 0 Å². The number of nitrogens with zero attached hydrogens (tertiary/aromatic N) is 1. The lowest BCUT2D eigenvalue weighted by molar-refractivity contribution is 0.0982. The maximum Gasteiger partial charge on any atom is 0.149 e. The molecule has 0 aliphatic carbocycles. The molecule has 2 rings (SSSR count). The Bertz CT molecular complexity index is 448. The number of ether oxygens (including phenoxy) is 2. The van der Waals surface area contributed by atoms with Crippen molar-refractivity contribution in [1.82, 2.24) is 5.32 Å². The summed E-state index contributed by atoms with van der Waals surface area (Å²) in [7, 11) is 1.61. The van der Waals surface area contributed by atoms with E-state index in [9.17, 15) is 8.78 Å². The summed E-state index contributed by atoms with van der Waals surface area (Å²) in [4.78, 5) is 1.73. The minimum atomic E-state index is -0.521. The third kappa shape index (κ3) is 4.12. The molecule has 1 atom stereocenters. The van der Waals surface area contributed by atoms with Gasteiger partial charge in [-0.05, 0) is 24.6 Å². The second-order valence-electron chi connectivity index (χ2n) is 5.19. The maximum absolute atomic E-state index is 14.3. The van der Waals surface area contributed by atoms with Crippen molar-refractivity contribution in [3.05, 3.63) is 29.3 Å². The molecule has 1 aromatic rings. The lowest BCUT2D eigenvalue weighted by atomic mass is 10.1. The Morgan fingerprint density at radius 2 is 2.10 bits per heavy atom. The normalized spacial score (nSPS) is 19.0. The molecule has 4 nitrogen and oxygen atoms in total.